The highest BCUT2D eigenvalue weighted by Crippen LogP contribution is 2.61. The van der Waals surface area contributed by atoms with Gasteiger partial charge >= 0.3 is 5.97 Å². The minimum atomic E-state index is -0.619. The lowest BCUT2D eigenvalue weighted by Gasteiger charge is -2.59. The fourth-order valence-corrected chi connectivity index (χ4v) is 6.19. The zero-order valence-corrected chi connectivity index (χ0v) is 17.0. The van der Waals surface area contributed by atoms with E-state index in [0.717, 1.165) is 17.8 Å². The summed E-state index contributed by atoms with van der Waals surface area (Å²) in [6.07, 6.45) is 7.74. The van der Waals surface area contributed by atoms with Gasteiger partial charge in [0.1, 0.15) is 6.54 Å². The number of carbonyl (C=O) groups is 3. The summed E-state index contributed by atoms with van der Waals surface area (Å²) in [5.41, 5.74) is 0.695. The Hall–Kier alpha value is -2.37. The first kappa shape index (κ1) is 19.9. The second kappa shape index (κ2) is 8.17. The van der Waals surface area contributed by atoms with E-state index in [1.165, 1.54) is 38.5 Å². The first-order valence-electron chi connectivity index (χ1n) is 10.7. The van der Waals surface area contributed by atoms with E-state index < -0.39 is 5.97 Å². The molecule has 0 aliphatic heterocycles. The molecular formula is C23H30N2O4. The van der Waals surface area contributed by atoms with Gasteiger partial charge in [-0.1, -0.05) is 18.2 Å². The van der Waals surface area contributed by atoms with Gasteiger partial charge in [0.25, 0.3) is 11.8 Å². The Balaban J connectivity index is 1.20. The SMILES string of the molecule is CC(NC(=O)COC(=O)CNC(=O)c1ccccc1)C12CC3CC(CC(C3)C1)C2. The molecule has 0 saturated heterocycles. The maximum Gasteiger partial charge on any atom is 0.325 e. The monoisotopic (exact) mass is 398 g/mol. The second-order valence-electron chi connectivity index (χ2n) is 9.28. The van der Waals surface area contributed by atoms with E-state index in [4.69, 9.17) is 4.74 Å². The normalized spacial score (nSPS) is 30.4. The summed E-state index contributed by atoms with van der Waals surface area (Å²) >= 11 is 0. The van der Waals surface area contributed by atoms with Gasteiger partial charge in [0.2, 0.25) is 0 Å². The number of nitrogens with one attached hydrogen (secondary N) is 2. The Morgan fingerprint density at radius 1 is 1.03 bits per heavy atom. The first-order chi connectivity index (χ1) is 13.9. The fraction of sp³-hybridized carbons (Fsp3) is 0.609. The first-order valence-corrected chi connectivity index (χ1v) is 10.7. The van der Waals surface area contributed by atoms with Crippen LogP contribution in [0.2, 0.25) is 0 Å². The van der Waals surface area contributed by atoms with Crippen LogP contribution in [0.1, 0.15) is 55.8 Å². The molecule has 2 amide bonds. The van der Waals surface area contributed by atoms with Gasteiger partial charge in [0.15, 0.2) is 6.61 Å². The molecule has 0 aromatic heterocycles. The van der Waals surface area contributed by atoms with Gasteiger partial charge in [0.05, 0.1) is 0 Å². The Kier molecular flexibility index (Phi) is 5.61. The highest BCUT2D eigenvalue weighted by atomic mass is 16.5. The van der Waals surface area contributed by atoms with Crippen LogP contribution in [0.15, 0.2) is 30.3 Å². The van der Waals surface area contributed by atoms with Crippen molar-refractivity contribution in [2.75, 3.05) is 13.2 Å². The molecule has 6 heteroatoms. The molecule has 0 heterocycles. The predicted molar refractivity (Wildman–Crippen MR) is 108 cm³/mol. The molecule has 4 aliphatic rings. The van der Waals surface area contributed by atoms with E-state index in [0.29, 0.717) is 5.56 Å². The molecule has 1 aromatic rings. The summed E-state index contributed by atoms with van der Waals surface area (Å²) in [4.78, 5) is 36.1. The molecule has 4 bridgehead atoms. The molecule has 5 rings (SSSR count). The van der Waals surface area contributed by atoms with Gasteiger partial charge in [-0.15, -0.1) is 0 Å². The van der Waals surface area contributed by atoms with Gasteiger partial charge in [0, 0.05) is 11.6 Å². The summed E-state index contributed by atoms with van der Waals surface area (Å²) in [5, 5.41) is 5.59. The molecule has 4 aliphatic carbocycles. The number of rotatable bonds is 7. The number of esters is 1. The summed E-state index contributed by atoms with van der Waals surface area (Å²) in [6, 6.07) is 8.75. The average molecular weight is 399 g/mol. The number of carbonyl (C=O) groups excluding carboxylic acids is 3. The lowest BCUT2D eigenvalue weighted by molar-refractivity contribution is -0.148. The molecule has 1 aromatic carbocycles. The Morgan fingerprint density at radius 2 is 1.62 bits per heavy atom. The van der Waals surface area contributed by atoms with Gasteiger partial charge < -0.3 is 15.4 Å². The highest BCUT2D eigenvalue weighted by molar-refractivity contribution is 5.96. The Morgan fingerprint density at radius 3 is 2.21 bits per heavy atom. The van der Waals surface area contributed by atoms with Crippen molar-refractivity contribution in [1.82, 2.24) is 10.6 Å². The summed E-state index contributed by atoms with van der Waals surface area (Å²) in [5.74, 6) is 1.25. The van der Waals surface area contributed by atoms with Crippen LogP contribution in [-0.4, -0.2) is 37.0 Å². The smallest absolute Gasteiger partial charge is 0.325 e. The van der Waals surface area contributed by atoms with E-state index in [9.17, 15) is 14.4 Å². The van der Waals surface area contributed by atoms with Crippen molar-refractivity contribution in [1.29, 1.82) is 0 Å². The third-order valence-electron chi connectivity index (χ3n) is 7.18. The van der Waals surface area contributed by atoms with E-state index in [-0.39, 0.29) is 36.4 Å². The van der Waals surface area contributed by atoms with Crippen LogP contribution < -0.4 is 10.6 Å². The Labute approximate surface area is 171 Å². The minimum Gasteiger partial charge on any atom is -0.454 e. The molecule has 0 spiro atoms. The third kappa shape index (κ3) is 4.46. The molecule has 156 valence electrons. The molecule has 4 saturated carbocycles. The zero-order chi connectivity index (χ0) is 20.4. The summed E-state index contributed by atoms with van der Waals surface area (Å²) < 4.78 is 5.04. The molecule has 2 N–H and O–H groups in total. The molecule has 29 heavy (non-hydrogen) atoms. The molecule has 4 fully saturated rings. The van der Waals surface area contributed by atoms with Gasteiger partial charge in [-0.2, -0.15) is 0 Å². The minimum absolute atomic E-state index is 0.0971. The molecule has 0 radical (unpaired) electrons. The van der Waals surface area contributed by atoms with Crippen molar-refractivity contribution in [3.05, 3.63) is 35.9 Å². The number of benzene rings is 1. The maximum absolute atomic E-state index is 12.3. The van der Waals surface area contributed by atoms with E-state index in [1.807, 2.05) is 6.07 Å². The van der Waals surface area contributed by atoms with Crippen LogP contribution in [0.3, 0.4) is 0 Å². The Bertz CT molecular complexity index is 741. The van der Waals surface area contributed by atoms with Crippen LogP contribution in [0.25, 0.3) is 0 Å². The summed E-state index contributed by atoms with van der Waals surface area (Å²) in [6.45, 7) is 1.54. The van der Waals surface area contributed by atoms with Gasteiger partial charge in [-0.25, -0.2) is 0 Å². The molecule has 1 unspecified atom stereocenters. The van der Waals surface area contributed by atoms with E-state index in [2.05, 4.69) is 17.6 Å². The quantitative estimate of drug-likeness (QED) is 0.692. The number of ether oxygens (including phenoxy) is 1. The average Bonchev–Trinajstić information content (AvgIpc) is 2.70. The molecule has 1 atom stereocenters. The number of amides is 2. The van der Waals surface area contributed by atoms with Crippen molar-refractivity contribution in [3.63, 3.8) is 0 Å². The fourth-order valence-electron chi connectivity index (χ4n) is 6.19. The predicted octanol–water partition coefficient (Wildman–Crippen LogP) is 2.68. The third-order valence-corrected chi connectivity index (χ3v) is 7.18. The van der Waals surface area contributed by atoms with Crippen LogP contribution in [0.5, 0.6) is 0 Å². The topological polar surface area (TPSA) is 84.5 Å². The number of hydrogen-bond acceptors (Lipinski definition) is 4. The standard InChI is InChI=1S/C23H30N2O4/c1-15(23-10-16-7-17(11-23)9-18(8-16)12-23)25-20(26)14-29-21(27)13-24-22(28)19-5-3-2-4-6-19/h2-6,15-18H,7-14H2,1H3,(H,24,28)(H,25,26). The van der Waals surface area contributed by atoms with Crippen molar-refractivity contribution in [2.24, 2.45) is 23.2 Å². The largest absolute Gasteiger partial charge is 0.454 e. The van der Waals surface area contributed by atoms with Crippen LogP contribution in [-0.2, 0) is 14.3 Å². The van der Waals surface area contributed by atoms with Gasteiger partial charge in [-0.05, 0) is 80.8 Å². The van der Waals surface area contributed by atoms with Crippen LogP contribution in [0, 0.1) is 23.2 Å². The number of hydrogen-bond donors (Lipinski definition) is 2. The second-order valence-corrected chi connectivity index (χ2v) is 9.28. The molecule has 6 nitrogen and oxygen atoms in total. The highest BCUT2D eigenvalue weighted by Gasteiger charge is 2.53. The van der Waals surface area contributed by atoms with Crippen LogP contribution >= 0.6 is 0 Å². The van der Waals surface area contributed by atoms with E-state index >= 15 is 0 Å². The van der Waals surface area contributed by atoms with Crippen molar-refractivity contribution >= 4 is 17.8 Å². The van der Waals surface area contributed by atoms with E-state index in [1.54, 1.807) is 24.3 Å². The van der Waals surface area contributed by atoms with Crippen molar-refractivity contribution in [3.8, 4) is 0 Å². The summed E-state index contributed by atoms with van der Waals surface area (Å²) in [7, 11) is 0. The van der Waals surface area contributed by atoms with Crippen molar-refractivity contribution < 1.29 is 19.1 Å². The maximum atomic E-state index is 12.3. The lowest BCUT2D eigenvalue weighted by Crippen LogP contribution is -2.56. The van der Waals surface area contributed by atoms with Gasteiger partial charge in [-0.3, -0.25) is 14.4 Å². The van der Waals surface area contributed by atoms with Crippen LogP contribution in [0.4, 0.5) is 0 Å². The molecular weight excluding hydrogens is 368 g/mol. The zero-order valence-electron chi connectivity index (χ0n) is 17.0. The lowest BCUT2D eigenvalue weighted by atomic mass is 9.48. The van der Waals surface area contributed by atoms with Crippen molar-refractivity contribution in [2.45, 2.75) is 51.5 Å².